The van der Waals surface area contributed by atoms with Crippen molar-refractivity contribution in [2.75, 3.05) is 19.6 Å². The van der Waals surface area contributed by atoms with Crippen molar-refractivity contribution in [1.82, 2.24) is 30.2 Å². The first-order chi connectivity index (χ1) is 13.1. The van der Waals surface area contributed by atoms with Gasteiger partial charge in [0, 0.05) is 44.1 Å². The fourth-order valence-corrected chi connectivity index (χ4v) is 3.50. The van der Waals surface area contributed by atoms with E-state index < -0.39 is 0 Å². The minimum atomic E-state index is -0.145. The quantitative estimate of drug-likeness (QED) is 0.745. The van der Waals surface area contributed by atoms with E-state index in [2.05, 4.69) is 37.1 Å². The molecule has 1 atom stereocenters. The molecule has 2 aromatic rings. The second-order valence-corrected chi connectivity index (χ2v) is 7.46. The van der Waals surface area contributed by atoms with E-state index in [9.17, 15) is 4.79 Å². The SMILES string of the molecule is CCCCc1ncc(CN2CCCC(CNC(=O)c3cnc(C)cn3)C2)[nH]1. The van der Waals surface area contributed by atoms with Crippen molar-refractivity contribution in [2.24, 2.45) is 5.92 Å². The summed E-state index contributed by atoms with van der Waals surface area (Å²) in [5.74, 6) is 1.41. The first-order valence-electron chi connectivity index (χ1n) is 9.96. The summed E-state index contributed by atoms with van der Waals surface area (Å²) in [6.45, 7) is 7.71. The van der Waals surface area contributed by atoms with Crippen molar-refractivity contribution in [1.29, 1.82) is 0 Å². The van der Waals surface area contributed by atoms with Crippen LogP contribution in [0.4, 0.5) is 0 Å². The molecule has 1 aliphatic heterocycles. The molecule has 7 heteroatoms. The number of carbonyl (C=O) groups is 1. The van der Waals surface area contributed by atoms with Crippen LogP contribution >= 0.6 is 0 Å². The summed E-state index contributed by atoms with van der Waals surface area (Å²) in [6.07, 6.45) is 10.8. The molecule has 1 saturated heterocycles. The molecule has 1 amide bonds. The van der Waals surface area contributed by atoms with Gasteiger partial charge in [-0.25, -0.2) is 9.97 Å². The van der Waals surface area contributed by atoms with Gasteiger partial charge in [-0.3, -0.25) is 14.7 Å². The van der Waals surface area contributed by atoms with E-state index >= 15 is 0 Å². The summed E-state index contributed by atoms with van der Waals surface area (Å²) in [6, 6.07) is 0. The highest BCUT2D eigenvalue weighted by atomic mass is 16.1. The van der Waals surface area contributed by atoms with Crippen molar-refractivity contribution in [3.8, 4) is 0 Å². The number of aromatic amines is 1. The average Bonchev–Trinajstić information content (AvgIpc) is 3.12. The Kier molecular flexibility index (Phi) is 6.92. The Balaban J connectivity index is 1.45. The number of hydrogen-bond acceptors (Lipinski definition) is 5. The summed E-state index contributed by atoms with van der Waals surface area (Å²) in [5, 5.41) is 3.01. The Morgan fingerprint density at radius 2 is 2.19 bits per heavy atom. The van der Waals surface area contributed by atoms with Gasteiger partial charge in [0.05, 0.1) is 11.9 Å². The molecule has 3 heterocycles. The Hall–Kier alpha value is -2.28. The van der Waals surface area contributed by atoms with E-state index in [0.717, 1.165) is 50.4 Å². The number of aromatic nitrogens is 4. The smallest absolute Gasteiger partial charge is 0.271 e. The third kappa shape index (κ3) is 5.85. The number of rotatable bonds is 8. The number of unbranched alkanes of at least 4 members (excludes halogenated alkanes) is 1. The topological polar surface area (TPSA) is 86.8 Å². The molecule has 0 aliphatic carbocycles. The molecule has 0 radical (unpaired) electrons. The molecule has 0 saturated carbocycles. The molecular formula is C20H30N6O. The molecular weight excluding hydrogens is 340 g/mol. The van der Waals surface area contributed by atoms with Gasteiger partial charge in [-0.1, -0.05) is 13.3 Å². The summed E-state index contributed by atoms with van der Waals surface area (Å²) in [4.78, 5) is 30.9. The van der Waals surface area contributed by atoms with Gasteiger partial charge in [0.2, 0.25) is 0 Å². The van der Waals surface area contributed by atoms with Crippen LogP contribution in [-0.4, -0.2) is 50.4 Å². The van der Waals surface area contributed by atoms with Crippen LogP contribution in [0.1, 0.15) is 60.3 Å². The van der Waals surface area contributed by atoms with E-state index in [4.69, 9.17) is 0 Å². The van der Waals surface area contributed by atoms with E-state index in [-0.39, 0.29) is 5.91 Å². The highest BCUT2D eigenvalue weighted by Gasteiger charge is 2.21. The Morgan fingerprint density at radius 3 is 2.96 bits per heavy atom. The van der Waals surface area contributed by atoms with Crippen LogP contribution in [0.3, 0.4) is 0 Å². The standard InChI is InChI=1S/C20H30N6O/c1-3-4-7-19-23-11-17(25-19)14-26-8-5-6-16(13-26)10-24-20(27)18-12-21-15(2)9-22-18/h9,11-12,16H,3-8,10,13-14H2,1-2H3,(H,23,25)(H,24,27). The van der Waals surface area contributed by atoms with Gasteiger partial charge in [-0.2, -0.15) is 0 Å². The van der Waals surface area contributed by atoms with Gasteiger partial charge in [0.25, 0.3) is 5.91 Å². The molecule has 146 valence electrons. The van der Waals surface area contributed by atoms with Crippen LogP contribution < -0.4 is 5.32 Å². The third-order valence-electron chi connectivity index (χ3n) is 5.01. The Bertz CT molecular complexity index is 726. The fourth-order valence-electron chi connectivity index (χ4n) is 3.50. The predicted molar refractivity (Wildman–Crippen MR) is 104 cm³/mol. The van der Waals surface area contributed by atoms with Crippen LogP contribution in [-0.2, 0) is 13.0 Å². The van der Waals surface area contributed by atoms with Gasteiger partial charge in [-0.05, 0) is 38.6 Å². The monoisotopic (exact) mass is 370 g/mol. The lowest BCUT2D eigenvalue weighted by molar-refractivity contribution is 0.0925. The van der Waals surface area contributed by atoms with Crippen LogP contribution in [0.2, 0.25) is 0 Å². The van der Waals surface area contributed by atoms with Crippen molar-refractivity contribution >= 4 is 5.91 Å². The van der Waals surface area contributed by atoms with Crippen molar-refractivity contribution in [3.63, 3.8) is 0 Å². The number of nitrogens with zero attached hydrogens (tertiary/aromatic N) is 4. The number of nitrogens with one attached hydrogen (secondary N) is 2. The van der Waals surface area contributed by atoms with Gasteiger partial charge in [0.1, 0.15) is 11.5 Å². The number of aryl methyl sites for hydroxylation is 2. The minimum Gasteiger partial charge on any atom is -0.350 e. The van der Waals surface area contributed by atoms with Crippen LogP contribution in [0, 0.1) is 12.8 Å². The minimum absolute atomic E-state index is 0.145. The zero-order chi connectivity index (χ0) is 19.1. The summed E-state index contributed by atoms with van der Waals surface area (Å²) in [5.41, 5.74) is 2.37. The first-order valence-corrected chi connectivity index (χ1v) is 9.96. The average molecular weight is 371 g/mol. The molecule has 1 fully saturated rings. The maximum Gasteiger partial charge on any atom is 0.271 e. The number of imidazole rings is 1. The molecule has 1 aliphatic rings. The highest BCUT2D eigenvalue weighted by Crippen LogP contribution is 2.18. The van der Waals surface area contributed by atoms with E-state index in [1.807, 2.05) is 13.1 Å². The molecule has 2 aromatic heterocycles. The highest BCUT2D eigenvalue weighted by molar-refractivity contribution is 5.91. The van der Waals surface area contributed by atoms with Gasteiger partial charge in [0.15, 0.2) is 0 Å². The van der Waals surface area contributed by atoms with Crippen LogP contribution in [0.25, 0.3) is 0 Å². The zero-order valence-corrected chi connectivity index (χ0v) is 16.4. The van der Waals surface area contributed by atoms with Crippen molar-refractivity contribution in [2.45, 2.75) is 52.5 Å². The molecule has 0 spiro atoms. The number of likely N-dealkylation sites (tertiary alicyclic amines) is 1. The number of H-pyrrole nitrogens is 1. The number of hydrogen-bond donors (Lipinski definition) is 2. The van der Waals surface area contributed by atoms with Gasteiger partial charge in [-0.15, -0.1) is 0 Å². The van der Waals surface area contributed by atoms with Gasteiger partial charge >= 0.3 is 0 Å². The lowest BCUT2D eigenvalue weighted by Gasteiger charge is -2.32. The first kappa shape index (κ1) is 19.5. The molecule has 27 heavy (non-hydrogen) atoms. The van der Waals surface area contributed by atoms with Gasteiger partial charge < -0.3 is 10.3 Å². The normalized spacial score (nSPS) is 17.8. The van der Waals surface area contributed by atoms with E-state index in [0.29, 0.717) is 18.2 Å². The molecule has 0 bridgehead atoms. The molecule has 1 unspecified atom stereocenters. The van der Waals surface area contributed by atoms with Crippen LogP contribution in [0.15, 0.2) is 18.6 Å². The summed E-state index contributed by atoms with van der Waals surface area (Å²) in [7, 11) is 0. The molecule has 3 rings (SSSR count). The summed E-state index contributed by atoms with van der Waals surface area (Å²) >= 11 is 0. The second kappa shape index (κ2) is 9.60. The number of amides is 1. The maximum absolute atomic E-state index is 12.2. The molecule has 0 aromatic carbocycles. The lowest BCUT2D eigenvalue weighted by atomic mass is 9.98. The van der Waals surface area contributed by atoms with Crippen molar-refractivity contribution in [3.05, 3.63) is 41.5 Å². The second-order valence-electron chi connectivity index (χ2n) is 7.46. The molecule has 7 nitrogen and oxygen atoms in total. The lowest BCUT2D eigenvalue weighted by Crippen LogP contribution is -2.40. The zero-order valence-electron chi connectivity index (χ0n) is 16.4. The van der Waals surface area contributed by atoms with E-state index in [1.165, 1.54) is 24.7 Å². The summed E-state index contributed by atoms with van der Waals surface area (Å²) < 4.78 is 0. The predicted octanol–water partition coefficient (Wildman–Crippen LogP) is 2.49. The largest absolute Gasteiger partial charge is 0.350 e. The Morgan fingerprint density at radius 1 is 1.30 bits per heavy atom. The fraction of sp³-hybridized carbons (Fsp3) is 0.600. The maximum atomic E-state index is 12.2. The van der Waals surface area contributed by atoms with Crippen molar-refractivity contribution < 1.29 is 4.79 Å². The van der Waals surface area contributed by atoms with Crippen LogP contribution in [0.5, 0.6) is 0 Å². The Labute approximate surface area is 161 Å². The van der Waals surface area contributed by atoms with E-state index in [1.54, 1.807) is 6.20 Å². The number of carbonyl (C=O) groups excluding carboxylic acids is 1. The molecule has 2 N–H and O–H groups in total. The third-order valence-corrected chi connectivity index (χ3v) is 5.01. The number of piperidine rings is 1.